The molecule has 0 aliphatic carbocycles. The van der Waals surface area contributed by atoms with Crippen molar-refractivity contribution in [2.75, 3.05) is 6.54 Å². The standard InChI is InChI=1S/C14H18Cl2N2O/c1-8-6-7-17-9(2)13(8)18-14(19)10-4-3-5-11(15)12(10)16/h3-5,8-9,13,17H,6-7H2,1-2H3,(H,18,19). The van der Waals surface area contributed by atoms with Crippen molar-refractivity contribution in [3.8, 4) is 0 Å². The van der Waals surface area contributed by atoms with Crippen LogP contribution in [0.25, 0.3) is 0 Å². The second kappa shape index (κ2) is 6.12. The van der Waals surface area contributed by atoms with E-state index in [0.717, 1.165) is 13.0 Å². The lowest BCUT2D eigenvalue weighted by atomic mass is 9.89. The number of benzene rings is 1. The minimum absolute atomic E-state index is 0.108. The molecule has 19 heavy (non-hydrogen) atoms. The average molecular weight is 301 g/mol. The number of rotatable bonds is 2. The molecule has 1 aromatic carbocycles. The molecule has 0 radical (unpaired) electrons. The molecule has 1 saturated heterocycles. The van der Waals surface area contributed by atoms with Gasteiger partial charge in [-0.25, -0.2) is 0 Å². The maximum absolute atomic E-state index is 12.3. The third kappa shape index (κ3) is 3.22. The number of halogens is 2. The fraction of sp³-hybridized carbons (Fsp3) is 0.500. The SMILES string of the molecule is CC1CCNC(C)C1NC(=O)c1cccc(Cl)c1Cl. The summed E-state index contributed by atoms with van der Waals surface area (Å²) < 4.78 is 0. The number of carbonyl (C=O) groups excluding carboxylic acids is 1. The van der Waals surface area contributed by atoms with Crippen LogP contribution in [0.1, 0.15) is 30.6 Å². The van der Waals surface area contributed by atoms with Crippen LogP contribution >= 0.6 is 23.2 Å². The molecule has 1 aromatic rings. The van der Waals surface area contributed by atoms with Crippen LogP contribution in [0.15, 0.2) is 18.2 Å². The van der Waals surface area contributed by atoms with Crippen molar-refractivity contribution in [2.24, 2.45) is 5.92 Å². The summed E-state index contributed by atoms with van der Waals surface area (Å²) in [5.74, 6) is 0.276. The Bertz CT molecular complexity index is 469. The summed E-state index contributed by atoms with van der Waals surface area (Å²) in [6.45, 7) is 5.23. The van der Waals surface area contributed by atoms with Gasteiger partial charge in [-0.2, -0.15) is 0 Å². The van der Waals surface area contributed by atoms with Gasteiger partial charge in [0.05, 0.1) is 15.6 Å². The van der Waals surface area contributed by atoms with Gasteiger partial charge < -0.3 is 10.6 Å². The number of nitrogens with one attached hydrogen (secondary N) is 2. The number of hydrogen-bond acceptors (Lipinski definition) is 2. The maximum Gasteiger partial charge on any atom is 0.253 e. The lowest BCUT2D eigenvalue weighted by Crippen LogP contribution is -2.55. The number of hydrogen-bond donors (Lipinski definition) is 2. The van der Waals surface area contributed by atoms with E-state index in [-0.39, 0.29) is 18.0 Å². The largest absolute Gasteiger partial charge is 0.347 e. The van der Waals surface area contributed by atoms with Crippen molar-refractivity contribution in [3.05, 3.63) is 33.8 Å². The zero-order valence-corrected chi connectivity index (χ0v) is 12.6. The van der Waals surface area contributed by atoms with Crippen molar-refractivity contribution >= 4 is 29.1 Å². The van der Waals surface area contributed by atoms with Crippen LogP contribution in [0, 0.1) is 5.92 Å². The predicted octanol–water partition coefficient (Wildman–Crippen LogP) is 3.11. The Hall–Kier alpha value is -0.770. The highest BCUT2D eigenvalue weighted by Crippen LogP contribution is 2.26. The van der Waals surface area contributed by atoms with Gasteiger partial charge in [0.1, 0.15) is 0 Å². The Morgan fingerprint density at radius 1 is 1.37 bits per heavy atom. The summed E-state index contributed by atoms with van der Waals surface area (Å²) in [5.41, 5.74) is 0.430. The number of piperidine rings is 1. The topological polar surface area (TPSA) is 41.1 Å². The molecule has 1 aliphatic heterocycles. The van der Waals surface area contributed by atoms with E-state index in [0.29, 0.717) is 21.5 Å². The molecule has 2 N–H and O–H groups in total. The summed E-state index contributed by atoms with van der Waals surface area (Å²) in [5, 5.41) is 7.14. The van der Waals surface area contributed by atoms with Crippen LogP contribution in [-0.4, -0.2) is 24.5 Å². The van der Waals surface area contributed by atoms with Crippen molar-refractivity contribution in [1.29, 1.82) is 0 Å². The third-order valence-electron chi connectivity index (χ3n) is 3.71. The van der Waals surface area contributed by atoms with Crippen LogP contribution in [-0.2, 0) is 0 Å². The van der Waals surface area contributed by atoms with Crippen LogP contribution in [0.5, 0.6) is 0 Å². The Morgan fingerprint density at radius 2 is 2.11 bits per heavy atom. The van der Waals surface area contributed by atoms with E-state index in [4.69, 9.17) is 23.2 Å². The Kier molecular flexibility index (Phi) is 4.71. The maximum atomic E-state index is 12.3. The first-order valence-corrected chi connectivity index (χ1v) is 7.24. The van der Waals surface area contributed by atoms with E-state index < -0.39 is 0 Å². The Balaban J connectivity index is 2.14. The molecule has 0 aromatic heterocycles. The third-order valence-corrected chi connectivity index (χ3v) is 4.53. The summed E-state index contributed by atoms with van der Waals surface area (Å²) >= 11 is 12.0. The monoisotopic (exact) mass is 300 g/mol. The summed E-state index contributed by atoms with van der Waals surface area (Å²) in [4.78, 5) is 12.3. The molecule has 2 rings (SSSR count). The fourth-order valence-electron chi connectivity index (χ4n) is 2.51. The smallest absolute Gasteiger partial charge is 0.253 e. The molecule has 1 amide bonds. The quantitative estimate of drug-likeness (QED) is 0.881. The number of carbonyl (C=O) groups is 1. The molecule has 0 saturated carbocycles. The zero-order valence-electron chi connectivity index (χ0n) is 11.0. The molecule has 5 heteroatoms. The van der Waals surface area contributed by atoms with Crippen molar-refractivity contribution < 1.29 is 4.79 Å². The van der Waals surface area contributed by atoms with Crippen molar-refractivity contribution in [3.63, 3.8) is 0 Å². The Morgan fingerprint density at radius 3 is 2.79 bits per heavy atom. The van der Waals surface area contributed by atoms with Gasteiger partial charge in [-0.1, -0.05) is 36.2 Å². The zero-order chi connectivity index (χ0) is 14.0. The molecule has 104 valence electrons. The summed E-state index contributed by atoms with van der Waals surface area (Å²) in [6.07, 6.45) is 1.05. The molecule has 1 heterocycles. The van der Waals surface area contributed by atoms with Crippen LogP contribution < -0.4 is 10.6 Å². The van der Waals surface area contributed by atoms with E-state index in [9.17, 15) is 4.79 Å². The first kappa shape index (κ1) is 14.6. The fourth-order valence-corrected chi connectivity index (χ4v) is 2.90. The lowest BCUT2D eigenvalue weighted by molar-refractivity contribution is 0.0898. The van der Waals surface area contributed by atoms with Crippen molar-refractivity contribution in [1.82, 2.24) is 10.6 Å². The molecule has 3 atom stereocenters. The highest BCUT2D eigenvalue weighted by atomic mass is 35.5. The molecule has 1 aliphatic rings. The second-order valence-electron chi connectivity index (χ2n) is 5.11. The van der Waals surface area contributed by atoms with E-state index in [1.165, 1.54) is 0 Å². The molecule has 0 bridgehead atoms. The Labute approximate surface area is 123 Å². The van der Waals surface area contributed by atoms with Gasteiger partial charge >= 0.3 is 0 Å². The van der Waals surface area contributed by atoms with E-state index >= 15 is 0 Å². The van der Waals surface area contributed by atoms with Gasteiger partial charge in [-0.05, 0) is 37.9 Å². The van der Waals surface area contributed by atoms with E-state index in [1.54, 1.807) is 18.2 Å². The van der Waals surface area contributed by atoms with Gasteiger partial charge in [-0.15, -0.1) is 0 Å². The van der Waals surface area contributed by atoms with Gasteiger partial charge in [0.2, 0.25) is 0 Å². The molecule has 3 nitrogen and oxygen atoms in total. The van der Waals surface area contributed by atoms with Crippen molar-refractivity contribution in [2.45, 2.75) is 32.4 Å². The van der Waals surface area contributed by atoms with Crippen LogP contribution in [0.2, 0.25) is 10.0 Å². The number of amides is 1. The predicted molar refractivity (Wildman–Crippen MR) is 79.0 cm³/mol. The van der Waals surface area contributed by atoms with Crippen LogP contribution in [0.4, 0.5) is 0 Å². The highest BCUT2D eigenvalue weighted by Gasteiger charge is 2.29. The van der Waals surface area contributed by atoms with E-state index in [1.807, 2.05) is 0 Å². The molecule has 1 fully saturated rings. The van der Waals surface area contributed by atoms with Gasteiger partial charge in [0.25, 0.3) is 5.91 Å². The van der Waals surface area contributed by atoms with E-state index in [2.05, 4.69) is 24.5 Å². The summed E-state index contributed by atoms with van der Waals surface area (Å²) in [6, 6.07) is 5.46. The first-order valence-electron chi connectivity index (χ1n) is 6.49. The average Bonchev–Trinajstić information content (AvgIpc) is 2.37. The van der Waals surface area contributed by atoms with Gasteiger partial charge in [0.15, 0.2) is 0 Å². The molecular formula is C14H18Cl2N2O. The first-order chi connectivity index (χ1) is 9.00. The normalized spacial score (nSPS) is 27.1. The van der Waals surface area contributed by atoms with Gasteiger partial charge in [0, 0.05) is 12.1 Å². The summed E-state index contributed by atoms with van der Waals surface area (Å²) in [7, 11) is 0. The van der Waals surface area contributed by atoms with Crippen LogP contribution in [0.3, 0.4) is 0 Å². The highest BCUT2D eigenvalue weighted by molar-refractivity contribution is 6.43. The molecule has 0 spiro atoms. The molecular weight excluding hydrogens is 283 g/mol. The van der Waals surface area contributed by atoms with Gasteiger partial charge in [-0.3, -0.25) is 4.79 Å². The minimum Gasteiger partial charge on any atom is -0.347 e. The minimum atomic E-state index is -0.167. The molecule has 3 unspecified atom stereocenters. The lowest BCUT2D eigenvalue weighted by Gasteiger charge is -2.36. The second-order valence-corrected chi connectivity index (χ2v) is 5.89.